The van der Waals surface area contributed by atoms with Gasteiger partial charge in [0.25, 0.3) is 0 Å². The van der Waals surface area contributed by atoms with Gasteiger partial charge in [-0.05, 0) is 36.0 Å². The van der Waals surface area contributed by atoms with Gasteiger partial charge in [-0.3, -0.25) is 4.79 Å². The largest absolute Gasteiger partial charge is 0.359 e. The molecule has 0 heterocycles. The maximum absolute atomic E-state index is 13.2. The number of hydrogen-bond acceptors (Lipinski definition) is 1. The van der Waals surface area contributed by atoms with E-state index in [0.29, 0.717) is 12.3 Å². The van der Waals surface area contributed by atoms with Crippen molar-refractivity contribution in [3.05, 3.63) is 35.6 Å². The average Bonchev–Trinajstić information content (AvgIpc) is 2.27. The number of rotatable bonds is 5. The lowest BCUT2D eigenvalue weighted by atomic mass is 9.87. The van der Waals surface area contributed by atoms with Crippen LogP contribution in [0.5, 0.6) is 0 Å². The maximum atomic E-state index is 13.2. The number of hydrogen-bond donors (Lipinski definition) is 1. The molecular weight excluding hydrogens is 217 g/mol. The number of nitrogens with one attached hydrogen (secondary N) is 1. The molecule has 0 spiro atoms. The van der Waals surface area contributed by atoms with Crippen molar-refractivity contribution in [2.45, 2.75) is 32.6 Å². The number of carbonyl (C=O) groups is 1. The molecule has 0 fully saturated rings. The molecule has 0 aliphatic heterocycles. The molecule has 1 amide bonds. The van der Waals surface area contributed by atoms with Crippen LogP contribution in [-0.2, 0) is 4.79 Å². The summed E-state index contributed by atoms with van der Waals surface area (Å²) < 4.78 is 13.2. The molecule has 0 saturated carbocycles. The highest BCUT2D eigenvalue weighted by Crippen LogP contribution is 2.27. The van der Waals surface area contributed by atoms with E-state index in [9.17, 15) is 9.18 Å². The first-order valence-electron chi connectivity index (χ1n) is 5.99. The van der Waals surface area contributed by atoms with E-state index >= 15 is 0 Å². The molecule has 0 aromatic heterocycles. The lowest BCUT2D eigenvalue weighted by molar-refractivity contribution is -0.121. The standard InChI is InChI=1S/C14H20FNO/c1-10(2)7-12(9-14(17)16-3)11-5-4-6-13(15)8-11/h4-6,8,10,12H,7,9H2,1-3H3,(H,16,17). The predicted molar refractivity (Wildman–Crippen MR) is 67.3 cm³/mol. The van der Waals surface area contributed by atoms with Gasteiger partial charge in [0.05, 0.1) is 0 Å². The van der Waals surface area contributed by atoms with E-state index in [0.717, 1.165) is 12.0 Å². The Bertz CT molecular complexity index is 376. The van der Waals surface area contributed by atoms with E-state index in [1.54, 1.807) is 13.1 Å². The highest BCUT2D eigenvalue weighted by molar-refractivity contribution is 5.76. The van der Waals surface area contributed by atoms with Crippen LogP contribution in [0.1, 0.15) is 38.2 Å². The fourth-order valence-electron chi connectivity index (χ4n) is 1.99. The summed E-state index contributed by atoms with van der Waals surface area (Å²) in [6.45, 7) is 4.21. The van der Waals surface area contributed by atoms with Crippen LogP contribution in [0.4, 0.5) is 4.39 Å². The Balaban J connectivity index is 2.85. The SMILES string of the molecule is CNC(=O)CC(CC(C)C)c1cccc(F)c1. The van der Waals surface area contributed by atoms with Crippen molar-refractivity contribution >= 4 is 5.91 Å². The van der Waals surface area contributed by atoms with Gasteiger partial charge in [0.1, 0.15) is 5.82 Å². The Kier molecular flexibility index (Phi) is 5.13. The summed E-state index contributed by atoms with van der Waals surface area (Å²) in [5.74, 6) is 0.326. The first-order chi connectivity index (χ1) is 8.02. The maximum Gasteiger partial charge on any atom is 0.220 e. The van der Waals surface area contributed by atoms with Crippen molar-refractivity contribution in [3.8, 4) is 0 Å². The van der Waals surface area contributed by atoms with Crippen LogP contribution in [0.3, 0.4) is 0 Å². The van der Waals surface area contributed by atoms with Gasteiger partial charge < -0.3 is 5.32 Å². The minimum Gasteiger partial charge on any atom is -0.359 e. The Hall–Kier alpha value is -1.38. The van der Waals surface area contributed by atoms with E-state index < -0.39 is 0 Å². The first kappa shape index (κ1) is 13.7. The number of halogens is 1. The van der Waals surface area contributed by atoms with E-state index in [-0.39, 0.29) is 17.6 Å². The molecule has 17 heavy (non-hydrogen) atoms. The molecule has 0 radical (unpaired) electrons. The smallest absolute Gasteiger partial charge is 0.220 e. The van der Waals surface area contributed by atoms with Crippen LogP contribution in [0.2, 0.25) is 0 Å². The summed E-state index contributed by atoms with van der Waals surface area (Å²) in [6, 6.07) is 6.53. The summed E-state index contributed by atoms with van der Waals surface area (Å²) in [4.78, 5) is 11.5. The molecule has 0 aliphatic rings. The molecule has 1 unspecified atom stereocenters. The van der Waals surface area contributed by atoms with Gasteiger partial charge in [0.2, 0.25) is 5.91 Å². The monoisotopic (exact) mass is 237 g/mol. The lowest BCUT2D eigenvalue weighted by Crippen LogP contribution is -2.21. The van der Waals surface area contributed by atoms with Crippen molar-refractivity contribution in [2.24, 2.45) is 5.92 Å². The molecule has 1 aromatic carbocycles. The predicted octanol–water partition coefficient (Wildman–Crippen LogP) is 3.09. The molecular formula is C14H20FNO. The third kappa shape index (κ3) is 4.55. The molecule has 0 aliphatic carbocycles. The molecule has 1 atom stereocenters. The van der Waals surface area contributed by atoms with Crippen LogP contribution in [0.15, 0.2) is 24.3 Å². The minimum absolute atomic E-state index is 0.0000822. The quantitative estimate of drug-likeness (QED) is 0.837. The zero-order valence-electron chi connectivity index (χ0n) is 10.7. The van der Waals surface area contributed by atoms with Crippen LogP contribution in [0.25, 0.3) is 0 Å². The van der Waals surface area contributed by atoms with Crippen LogP contribution >= 0.6 is 0 Å². The van der Waals surface area contributed by atoms with Gasteiger partial charge in [-0.15, -0.1) is 0 Å². The van der Waals surface area contributed by atoms with Crippen molar-refractivity contribution in [3.63, 3.8) is 0 Å². The van der Waals surface area contributed by atoms with Crippen LogP contribution < -0.4 is 5.32 Å². The van der Waals surface area contributed by atoms with Crippen LogP contribution in [-0.4, -0.2) is 13.0 Å². The highest BCUT2D eigenvalue weighted by Gasteiger charge is 2.17. The highest BCUT2D eigenvalue weighted by atomic mass is 19.1. The zero-order valence-corrected chi connectivity index (χ0v) is 10.7. The van der Waals surface area contributed by atoms with Gasteiger partial charge in [-0.1, -0.05) is 26.0 Å². The summed E-state index contributed by atoms with van der Waals surface area (Å²) in [7, 11) is 1.63. The van der Waals surface area contributed by atoms with Crippen molar-refractivity contribution in [1.82, 2.24) is 5.32 Å². The molecule has 1 N–H and O–H groups in total. The molecule has 0 saturated heterocycles. The second kappa shape index (κ2) is 6.38. The summed E-state index contributed by atoms with van der Waals surface area (Å²) in [5.41, 5.74) is 0.905. The van der Waals surface area contributed by atoms with E-state index in [2.05, 4.69) is 19.2 Å². The van der Waals surface area contributed by atoms with Crippen molar-refractivity contribution in [2.75, 3.05) is 7.05 Å². The molecule has 0 bridgehead atoms. The summed E-state index contributed by atoms with van der Waals surface area (Å²) >= 11 is 0. The molecule has 1 aromatic rings. The van der Waals surface area contributed by atoms with Crippen LogP contribution in [0, 0.1) is 11.7 Å². The summed E-state index contributed by atoms with van der Waals surface area (Å²) in [6.07, 6.45) is 1.30. The van der Waals surface area contributed by atoms with E-state index in [1.165, 1.54) is 12.1 Å². The summed E-state index contributed by atoms with van der Waals surface area (Å²) in [5, 5.41) is 2.62. The Labute approximate surface area is 102 Å². The number of carbonyl (C=O) groups excluding carboxylic acids is 1. The number of benzene rings is 1. The molecule has 94 valence electrons. The second-order valence-electron chi connectivity index (χ2n) is 4.76. The Morgan fingerprint density at radius 2 is 2.12 bits per heavy atom. The lowest BCUT2D eigenvalue weighted by Gasteiger charge is -2.18. The second-order valence-corrected chi connectivity index (χ2v) is 4.76. The molecule has 1 rings (SSSR count). The van der Waals surface area contributed by atoms with Gasteiger partial charge in [-0.25, -0.2) is 4.39 Å². The minimum atomic E-state index is -0.242. The third-order valence-corrected chi connectivity index (χ3v) is 2.79. The average molecular weight is 237 g/mol. The molecule has 3 heteroatoms. The van der Waals surface area contributed by atoms with Crippen molar-refractivity contribution < 1.29 is 9.18 Å². The van der Waals surface area contributed by atoms with E-state index in [4.69, 9.17) is 0 Å². The third-order valence-electron chi connectivity index (χ3n) is 2.79. The normalized spacial score (nSPS) is 12.5. The Morgan fingerprint density at radius 1 is 1.41 bits per heavy atom. The van der Waals surface area contributed by atoms with Gasteiger partial charge >= 0.3 is 0 Å². The van der Waals surface area contributed by atoms with Gasteiger partial charge in [0, 0.05) is 13.5 Å². The fourth-order valence-corrected chi connectivity index (χ4v) is 1.99. The topological polar surface area (TPSA) is 29.1 Å². The zero-order chi connectivity index (χ0) is 12.8. The van der Waals surface area contributed by atoms with E-state index in [1.807, 2.05) is 6.07 Å². The molecule has 2 nitrogen and oxygen atoms in total. The Morgan fingerprint density at radius 3 is 2.65 bits per heavy atom. The first-order valence-corrected chi connectivity index (χ1v) is 5.99. The van der Waals surface area contributed by atoms with Gasteiger partial charge in [-0.2, -0.15) is 0 Å². The number of amides is 1. The van der Waals surface area contributed by atoms with Gasteiger partial charge in [0.15, 0.2) is 0 Å². The fraction of sp³-hybridized carbons (Fsp3) is 0.500. The van der Waals surface area contributed by atoms with Crippen molar-refractivity contribution in [1.29, 1.82) is 0 Å².